The maximum absolute atomic E-state index is 12.7. The molecule has 0 bridgehead atoms. The first-order valence-corrected chi connectivity index (χ1v) is 9.52. The van der Waals surface area contributed by atoms with E-state index in [4.69, 9.17) is 0 Å². The van der Waals surface area contributed by atoms with Crippen molar-refractivity contribution in [2.75, 3.05) is 5.75 Å². The van der Waals surface area contributed by atoms with Crippen LogP contribution in [0.4, 0.5) is 0 Å². The molecule has 4 rings (SSSR count). The van der Waals surface area contributed by atoms with Crippen molar-refractivity contribution in [1.82, 2.24) is 19.2 Å². The standard InChI is InChI=1S/C20H18N4O2S/c1-12-8-9-14(13(2)10-12)17(25)11-27-20-22-21-19-23(3)18(26)15-6-4-5-7-16(15)24(19)20/h4-10H,11H2,1-3H3. The molecule has 0 saturated heterocycles. The number of nitrogens with zero attached hydrogens (tertiary/aromatic N) is 4. The zero-order valence-electron chi connectivity index (χ0n) is 15.3. The molecule has 0 aliphatic rings. The minimum atomic E-state index is -0.117. The van der Waals surface area contributed by atoms with Gasteiger partial charge in [-0.1, -0.05) is 47.7 Å². The summed E-state index contributed by atoms with van der Waals surface area (Å²) in [6.45, 7) is 3.95. The number of hydrogen-bond donors (Lipinski definition) is 0. The topological polar surface area (TPSA) is 69.3 Å². The van der Waals surface area contributed by atoms with E-state index in [2.05, 4.69) is 10.2 Å². The van der Waals surface area contributed by atoms with E-state index in [0.29, 0.717) is 16.3 Å². The molecule has 0 aliphatic heterocycles. The van der Waals surface area contributed by atoms with Gasteiger partial charge in [0, 0.05) is 12.6 Å². The molecule has 6 nitrogen and oxygen atoms in total. The van der Waals surface area contributed by atoms with Crippen molar-refractivity contribution in [1.29, 1.82) is 0 Å². The minimum Gasteiger partial charge on any atom is -0.293 e. The van der Waals surface area contributed by atoms with E-state index in [1.54, 1.807) is 13.1 Å². The van der Waals surface area contributed by atoms with E-state index in [0.717, 1.165) is 22.2 Å². The molecule has 0 atom stereocenters. The molecule has 0 saturated carbocycles. The molecule has 0 unspecified atom stereocenters. The summed E-state index contributed by atoms with van der Waals surface area (Å²) in [7, 11) is 1.67. The third-order valence-electron chi connectivity index (χ3n) is 4.61. The highest BCUT2D eigenvalue weighted by molar-refractivity contribution is 7.99. The maximum atomic E-state index is 12.7. The molecule has 2 aromatic carbocycles. The van der Waals surface area contributed by atoms with Crippen LogP contribution < -0.4 is 5.56 Å². The zero-order chi connectivity index (χ0) is 19.1. The highest BCUT2D eigenvalue weighted by atomic mass is 32.2. The van der Waals surface area contributed by atoms with Gasteiger partial charge in [-0.3, -0.25) is 18.6 Å². The number of aryl methyl sites for hydroxylation is 3. The summed E-state index contributed by atoms with van der Waals surface area (Å²) in [4.78, 5) is 25.1. The molecule has 4 aromatic rings. The number of ketones is 1. The Bertz CT molecular complexity index is 1260. The van der Waals surface area contributed by atoms with Gasteiger partial charge in [0.2, 0.25) is 5.78 Å². The van der Waals surface area contributed by atoms with Crippen molar-refractivity contribution in [3.63, 3.8) is 0 Å². The molecule has 0 fully saturated rings. The lowest BCUT2D eigenvalue weighted by Crippen LogP contribution is -2.20. The van der Waals surface area contributed by atoms with Crippen molar-refractivity contribution in [2.45, 2.75) is 19.0 Å². The molecule has 0 spiro atoms. The Morgan fingerprint density at radius 1 is 1.11 bits per heavy atom. The smallest absolute Gasteiger partial charge is 0.262 e. The quantitative estimate of drug-likeness (QED) is 0.403. The molecule has 0 aliphatic carbocycles. The van der Waals surface area contributed by atoms with Gasteiger partial charge in [0.05, 0.1) is 16.7 Å². The van der Waals surface area contributed by atoms with Crippen molar-refractivity contribution in [3.05, 3.63) is 69.5 Å². The SMILES string of the molecule is Cc1ccc(C(=O)CSc2nnc3n(C)c(=O)c4ccccc4n23)c(C)c1. The van der Waals surface area contributed by atoms with Gasteiger partial charge in [0.25, 0.3) is 5.56 Å². The van der Waals surface area contributed by atoms with Gasteiger partial charge < -0.3 is 0 Å². The van der Waals surface area contributed by atoms with Gasteiger partial charge in [-0.2, -0.15) is 0 Å². The lowest BCUT2D eigenvalue weighted by Gasteiger charge is -2.08. The van der Waals surface area contributed by atoms with Crippen LogP contribution in [0.1, 0.15) is 21.5 Å². The molecule has 27 heavy (non-hydrogen) atoms. The molecule has 0 radical (unpaired) electrons. The summed E-state index contributed by atoms with van der Waals surface area (Å²) < 4.78 is 3.31. The number of fused-ring (bicyclic) bond motifs is 3. The van der Waals surface area contributed by atoms with Crippen LogP contribution in [0.2, 0.25) is 0 Å². The fourth-order valence-electron chi connectivity index (χ4n) is 3.24. The Labute approximate surface area is 159 Å². The van der Waals surface area contributed by atoms with Crippen LogP contribution >= 0.6 is 11.8 Å². The second kappa shape index (κ2) is 6.66. The summed E-state index contributed by atoms with van der Waals surface area (Å²) in [6.07, 6.45) is 0. The van der Waals surface area contributed by atoms with Gasteiger partial charge in [0.15, 0.2) is 10.9 Å². The number of aromatic nitrogens is 4. The summed E-state index contributed by atoms with van der Waals surface area (Å²) in [6, 6.07) is 13.2. The van der Waals surface area contributed by atoms with E-state index in [-0.39, 0.29) is 17.1 Å². The van der Waals surface area contributed by atoms with E-state index in [1.807, 2.05) is 54.6 Å². The highest BCUT2D eigenvalue weighted by Gasteiger charge is 2.17. The Kier molecular flexibility index (Phi) is 4.31. The fraction of sp³-hybridized carbons (Fsp3) is 0.200. The molecule has 0 amide bonds. The van der Waals surface area contributed by atoms with Crippen LogP contribution in [0, 0.1) is 13.8 Å². The Hall–Kier alpha value is -2.93. The summed E-state index contributed by atoms with van der Waals surface area (Å²) in [5.74, 6) is 0.755. The van der Waals surface area contributed by atoms with Crippen LogP contribution in [0.5, 0.6) is 0 Å². The summed E-state index contributed by atoms with van der Waals surface area (Å²) >= 11 is 1.33. The second-order valence-corrected chi connectivity index (χ2v) is 7.47. The van der Waals surface area contributed by atoms with E-state index < -0.39 is 0 Å². The molecule has 2 heterocycles. The Morgan fingerprint density at radius 2 is 1.89 bits per heavy atom. The first-order chi connectivity index (χ1) is 13.0. The largest absolute Gasteiger partial charge is 0.293 e. The highest BCUT2D eigenvalue weighted by Crippen LogP contribution is 2.23. The van der Waals surface area contributed by atoms with Gasteiger partial charge in [-0.05, 0) is 31.5 Å². The third-order valence-corrected chi connectivity index (χ3v) is 5.54. The number of rotatable bonds is 4. The Balaban J connectivity index is 1.73. The van der Waals surface area contributed by atoms with Crippen LogP contribution in [-0.4, -0.2) is 30.7 Å². The molecule has 0 N–H and O–H groups in total. The first-order valence-electron chi connectivity index (χ1n) is 8.53. The van der Waals surface area contributed by atoms with E-state index in [1.165, 1.54) is 16.3 Å². The normalized spacial score (nSPS) is 11.4. The molecular weight excluding hydrogens is 360 g/mol. The fourth-order valence-corrected chi connectivity index (χ4v) is 4.06. The molecular formula is C20H18N4O2S. The second-order valence-electron chi connectivity index (χ2n) is 6.53. The van der Waals surface area contributed by atoms with Crippen LogP contribution in [0.25, 0.3) is 16.7 Å². The predicted molar refractivity (Wildman–Crippen MR) is 107 cm³/mol. The van der Waals surface area contributed by atoms with Crippen LogP contribution in [0.15, 0.2) is 52.4 Å². The van der Waals surface area contributed by atoms with Gasteiger partial charge in [-0.15, -0.1) is 10.2 Å². The van der Waals surface area contributed by atoms with Crippen LogP contribution in [0.3, 0.4) is 0 Å². The molecule has 136 valence electrons. The number of hydrogen-bond acceptors (Lipinski definition) is 5. The molecule has 7 heteroatoms. The lowest BCUT2D eigenvalue weighted by atomic mass is 10.0. The monoisotopic (exact) mass is 378 g/mol. The third kappa shape index (κ3) is 2.94. The van der Waals surface area contributed by atoms with Crippen molar-refractivity contribution in [3.8, 4) is 0 Å². The minimum absolute atomic E-state index is 0.0448. The number of thioether (sulfide) groups is 1. The predicted octanol–water partition coefficient (Wildman–Crippen LogP) is 3.17. The number of para-hydroxylation sites is 1. The average molecular weight is 378 g/mol. The zero-order valence-corrected chi connectivity index (χ0v) is 16.1. The van der Waals surface area contributed by atoms with E-state index in [9.17, 15) is 9.59 Å². The number of benzene rings is 2. The maximum Gasteiger partial charge on any atom is 0.262 e. The van der Waals surface area contributed by atoms with Crippen molar-refractivity contribution in [2.24, 2.45) is 7.05 Å². The van der Waals surface area contributed by atoms with Crippen LogP contribution in [-0.2, 0) is 7.05 Å². The first kappa shape index (κ1) is 17.5. The molecule has 2 aromatic heterocycles. The summed E-state index contributed by atoms with van der Waals surface area (Å²) in [5.41, 5.74) is 3.45. The summed E-state index contributed by atoms with van der Waals surface area (Å²) in [5, 5.41) is 9.55. The van der Waals surface area contributed by atoms with Gasteiger partial charge in [0.1, 0.15) is 0 Å². The van der Waals surface area contributed by atoms with Gasteiger partial charge in [-0.25, -0.2) is 0 Å². The van der Waals surface area contributed by atoms with Crippen molar-refractivity contribution >= 4 is 34.2 Å². The van der Waals surface area contributed by atoms with Gasteiger partial charge >= 0.3 is 0 Å². The van der Waals surface area contributed by atoms with Crippen molar-refractivity contribution < 1.29 is 4.79 Å². The Morgan fingerprint density at radius 3 is 2.67 bits per heavy atom. The number of Topliss-reactive ketones (excluding diaryl/α,β-unsaturated/α-hetero) is 1. The lowest BCUT2D eigenvalue weighted by molar-refractivity contribution is 0.102. The number of carbonyl (C=O) groups is 1. The van der Waals surface area contributed by atoms with E-state index >= 15 is 0 Å². The number of carbonyl (C=O) groups excluding carboxylic acids is 1. The average Bonchev–Trinajstić information content (AvgIpc) is 3.08.